The molecule has 0 saturated heterocycles. The van der Waals surface area contributed by atoms with Gasteiger partial charge in [-0.2, -0.15) is 0 Å². The van der Waals surface area contributed by atoms with Crippen molar-refractivity contribution in [3.8, 4) is 0 Å². The van der Waals surface area contributed by atoms with Crippen LogP contribution in [-0.2, 0) is 28.9 Å². The van der Waals surface area contributed by atoms with Crippen molar-refractivity contribution in [1.29, 1.82) is 0 Å². The monoisotopic (exact) mass is 386 g/mol. The zero-order valence-corrected chi connectivity index (χ0v) is 16.8. The van der Waals surface area contributed by atoms with Gasteiger partial charge < -0.3 is 14.6 Å². The number of hydrogen-bond donors (Lipinski definition) is 1. The summed E-state index contributed by atoms with van der Waals surface area (Å²) >= 11 is 0. The van der Waals surface area contributed by atoms with Crippen molar-refractivity contribution in [3.63, 3.8) is 0 Å². The Morgan fingerprint density at radius 3 is 2.86 bits per heavy atom. The van der Waals surface area contributed by atoms with Gasteiger partial charge in [-0.1, -0.05) is 19.3 Å². The van der Waals surface area contributed by atoms with Gasteiger partial charge in [-0.05, 0) is 75.3 Å². The standard InChI is InChI=1S/C23H31FN2O2/c1-2-28-23(27)15-26-21-10-8-17(24)12-19(21)20-13-18(9-11-22(20)26)25-14-16-6-4-3-5-7-16/h8,10,12,16,18,25H,2-7,9,11,13-15H2,1H3/t18-/m0/s1. The van der Waals surface area contributed by atoms with Gasteiger partial charge in [0, 0.05) is 22.6 Å². The zero-order chi connectivity index (χ0) is 19.5. The molecule has 1 aromatic carbocycles. The van der Waals surface area contributed by atoms with Gasteiger partial charge in [-0.3, -0.25) is 4.79 Å². The van der Waals surface area contributed by atoms with Crippen molar-refractivity contribution in [2.24, 2.45) is 5.92 Å². The summed E-state index contributed by atoms with van der Waals surface area (Å²) in [7, 11) is 0. The second-order valence-electron chi connectivity index (χ2n) is 8.33. The lowest BCUT2D eigenvalue weighted by Crippen LogP contribution is -2.38. The molecule has 2 aromatic rings. The molecule has 0 unspecified atom stereocenters. The minimum absolute atomic E-state index is 0.200. The van der Waals surface area contributed by atoms with Crippen LogP contribution >= 0.6 is 0 Å². The van der Waals surface area contributed by atoms with Crippen molar-refractivity contribution in [3.05, 3.63) is 35.3 Å². The second kappa shape index (κ2) is 8.64. The molecule has 0 aliphatic heterocycles. The molecule has 4 rings (SSSR count). The van der Waals surface area contributed by atoms with Crippen molar-refractivity contribution < 1.29 is 13.9 Å². The third-order valence-electron chi connectivity index (χ3n) is 6.44. The third-order valence-corrected chi connectivity index (χ3v) is 6.44. The van der Waals surface area contributed by atoms with E-state index >= 15 is 0 Å². The van der Waals surface area contributed by atoms with Crippen LogP contribution in [-0.4, -0.2) is 29.7 Å². The lowest BCUT2D eigenvalue weighted by atomic mass is 9.87. The minimum atomic E-state index is -0.232. The van der Waals surface area contributed by atoms with E-state index in [9.17, 15) is 9.18 Å². The number of hydrogen-bond acceptors (Lipinski definition) is 3. The Kier molecular flexibility index (Phi) is 6.00. The molecule has 0 radical (unpaired) electrons. The molecule has 1 N–H and O–H groups in total. The van der Waals surface area contributed by atoms with Crippen molar-refractivity contribution in [2.45, 2.75) is 70.9 Å². The fourth-order valence-corrected chi connectivity index (χ4v) is 5.04. The van der Waals surface area contributed by atoms with E-state index in [4.69, 9.17) is 4.74 Å². The molecule has 4 nitrogen and oxygen atoms in total. The fraction of sp³-hybridized carbons (Fsp3) is 0.609. The molecule has 1 saturated carbocycles. The van der Waals surface area contributed by atoms with Gasteiger partial charge in [-0.15, -0.1) is 0 Å². The van der Waals surface area contributed by atoms with Crippen LogP contribution in [0.3, 0.4) is 0 Å². The number of nitrogens with one attached hydrogen (secondary N) is 1. The fourth-order valence-electron chi connectivity index (χ4n) is 5.04. The van der Waals surface area contributed by atoms with Crippen LogP contribution in [0.15, 0.2) is 18.2 Å². The molecule has 0 spiro atoms. The summed E-state index contributed by atoms with van der Waals surface area (Å²) in [5.74, 6) is 0.350. The highest BCUT2D eigenvalue weighted by Gasteiger charge is 2.27. The number of fused-ring (bicyclic) bond motifs is 3. The average Bonchev–Trinajstić information content (AvgIpc) is 3.00. The van der Waals surface area contributed by atoms with E-state index in [1.165, 1.54) is 49.4 Å². The quantitative estimate of drug-likeness (QED) is 0.750. The number of aromatic nitrogens is 1. The van der Waals surface area contributed by atoms with Crippen LogP contribution in [0.4, 0.5) is 4.39 Å². The van der Waals surface area contributed by atoms with E-state index in [0.717, 1.165) is 42.6 Å². The van der Waals surface area contributed by atoms with Gasteiger partial charge in [-0.25, -0.2) is 4.39 Å². The third kappa shape index (κ3) is 4.09. The highest BCUT2D eigenvalue weighted by Crippen LogP contribution is 2.33. The molecule has 2 aliphatic rings. The summed E-state index contributed by atoms with van der Waals surface area (Å²) in [6, 6.07) is 5.33. The molecule has 152 valence electrons. The molecule has 1 heterocycles. The van der Waals surface area contributed by atoms with E-state index in [1.54, 1.807) is 12.1 Å². The minimum Gasteiger partial charge on any atom is -0.465 e. The van der Waals surface area contributed by atoms with Crippen LogP contribution in [0.2, 0.25) is 0 Å². The summed E-state index contributed by atoms with van der Waals surface area (Å²) < 4.78 is 21.2. The van der Waals surface area contributed by atoms with Crippen molar-refractivity contribution in [2.75, 3.05) is 13.2 Å². The predicted molar refractivity (Wildman–Crippen MR) is 109 cm³/mol. The zero-order valence-electron chi connectivity index (χ0n) is 16.8. The number of halogens is 1. The lowest BCUT2D eigenvalue weighted by Gasteiger charge is -2.28. The van der Waals surface area contributed by atoms with E-state index in [1.807, 2.05) is 11.5 Å². The number of benzene rings is 1. The molecule has 1 atom stereocenters. The first kappa shape index (κ1) is 19.4. The van der Waals surface area contributed by atoms with E-state index < -0.39 is 0 Å². The molecule has 1 aromatic heterocycles. The first-order valence-corrected chi connectivity index (χ1v) is 10.8. The number of ether oxygens (including phenoxy) is 1. The highest BCUT2D eigenvalue weighted by atomic mass is 19.1. The number of carbonyl (C=O) groups is 1. The molecular weight excluding hydrogens is 355 g/mol. The van der Waals surface area contributed by atoms with E-state index in [0.29, 0.717) is 12.6 Å². The molecule has 0 amide bonds. The van der Waals surface area contributed by atoms with Gasteiger partial charge in [0.05, 0.1) is 6.61 Å². The maximum atomic E-state index is 14.0. The predicted octanol–water partition coefficient (Wildman–Crippen LogP) is 4.37. The maximum absolute atomic E-state index is 14.0. The van der Waals surface area contributed by atoms with Gasteiger partial charge in [0.15, 0.2) is 0 Å². The average molecular weight is 387 g/mol. The Morgan fingerprint density at radius 2 is 2.07 bits per heavy atom. The number of esters is 1. The smallest absolute Gasteiger partial charge is 0.325 e. The van der Waals surface area contributed by atoms with Crippen molar-refractivity contribution in [1.82, 2.24) is 9.88 Å². The molecular formula is C23H31FN2O2. The first-order chi connectivity index (χ1) is 13.7. The summed E-state index contributed by atoms with van der Waals surface area (Å²) in [6.45, 7) is 3.49. The topological polar surface area (TPSA) is 43.3 Å². The Bertz CT molecular complexity index is 839. The number of rotatable bonds is 6. The first-order valence-electron chi connectivity index (χ1n) is 10.8. The summed E-state index contributed by atoms with van der Waals surface area (Å²) in [6.07, 6.45) is 9.66. The second-order valence-corrected chi connectivity index (χ2v) is 8.33. The van der Waals surface area contributed by atoms with Crippen LogP contribution in [0.25, 0.3) is 10.9 Å². The summed E-state index contributed by atoms with van der Waals surface area (Å²) in [4.78, 5) is 12.1. The summed E-state index contributed by atoms with van der Waals surface area (Å²) in [5.41, 5.74) is 3.31. The largest absolute Gasteiger partial charge is 0.465 e. The van der Waals surface area contributed by atoms with Crippen LogP contribution in [0.1, 0.15) is 56.7 Å². The normalized spacial score (nSPS) is 20.3. The summed E-state index contributed by atoms with van der Waals surface area (Å²) in [5, 5.41) is 4.73. The Morgan fingerprint density at radius 1 is 1.25 bits per heavy atom. The molecule has 5 heteroatoms. The lowest BCUT2D eigenvalue weighted by molar-refractivity contribution is -0.143. The van der Waals surface area contributed by atoms with Gasteiger partial charge in [0.2, 0.25) is 0 Å². The molecule has 1 fully saturated rings. The van der Waals surface area contributed by atoms with Crippen LogP contribution < -0.4 is 5.32 Å². The molecule has 0 bridgehead atoms. The van der Waals surface area contributed by atoms with Gasteiger partial charge >= 0.3 is 5.97 Å². The number of nitrogens with zero attached hydrogens (tertiary/aromatic N) is 1. The van der Waals surface area contributed by atoms with E-state index in [-0.39, 0.29) is 18.3 Å². The SMILES string of the molecule is CCOC(=O)Cn1c2c(c3cc(F)ccc31)C[C@@H](NCC1CCCCC1)CC2. The molecule has 2 aliphatic carbocycles. The molecule has 28 heavy (non-hydrogen) atoms. The van der Waals surface area contributed by atoms with Crippen LogP contribution in [0.5, 0.6) is 0 Å². The van der Waals surface area contributed by atoms with E-state index in [2.05, 4.69) is 5.32 Å². The Balaban J connectivity index is 1.55. The Hall–Kier alpha value is -1.88. The van der Waals surface area contributed by atoms with Gasteiger partial charge in [0.25, 0.3) is 0 Å². The Labute approximate surface area is 166 Å². The maximum Gasteiger partial charge on any atom is 0.325 e. The van der Waals surface area contributed by atoms with Crippen molar-refractivity contribution >= 4 is 16.9 Å². The number of carbonyl (C=O) groups excluding carboxylic acids is 1. The highest BCUT2D eigenvalue weighted by molar-refractivity contribution is 5.87. The van der Waals surface area contributed by atoms with Gasteiger partial charge in [0.1, 0.15) is 12.4 Å². The van der Waals surface area contributed by atoms with Crippen LogP contribution in [0, 0.1) is 11.7 Å².